The summed E-state index contributed by atoms with van der Waals surface area (Å²) in [5.41, 5.74) is 0. The molecule has 0 amide bonds. The van der Waals surface area contributed by atoms with Gasteiger partial charge in [-0.25, -0.2) is 4.39 Å². The second kappa shape index (κ2) is 4.45. The fraction of sp³-hybridized carbons (Fsp3) is 1.00. The summed E-state index contributed by atoms with van der Waals surface area (Å²) in [7, 11) is -13.5. The van der Waals surface area contributed by atoms with Crippen LogP contribution in [0.3, 0.4) is 0 Å². The molecule has 1 atom stereocenters. The van der Waals surface area contributed by atoms with Crippen LogP contribution < -0.4 is 23.0 Å². The molecule has 5 nitrogen and oxygen atoms in total. The van der Waals surface area contributed by atoms with Crippen molar-refractivity contribution in [1.82, 2.24) is 0 Å². The Hall–Kier alpha value is -0.103. The van der Waals surface area contributed by atoms with Crippen LogP contribution in [0.5, 0.6) is 0 Å². The maximum absolute atomic E-state index is 13.2. The SMILES string of the molecule is O=S1(=O)[NH2+]S(=O)(=O)C(F)(C(F)(F)F)C(F)(F)C1(F)F.[Li+]. The zero-order valence-corrected chi connectivity index (χ0v) is 10.7. The number of quaternary nitrogens is 1. The van der Waals surface area contributed by atoms with Crippen LogP contribution in [0.2, 0.25) is 0 Å². The van der Waals surface area contributed by atoms with Gasteiger partial charge in [-0.3, -0.25) is 0 Å². The molecule has 1 heterocycles. The van der Waals surface area contributed by atoms with Gasteiger partial charge in [0.05, 0.1) is 0 Å². The molecule has 2 N–H and O–H groups in total. The molecule has 1 rings (SSSR count). The third-order valence-electron chi connectivity index (χ3n) is 2.14. The monoisotopic (exact) mass is 351 g/mol. The van der Waals surface area contributed by atoms with Crippen LogP contribution in [0.4, 0.5) is 35.1 Å². The molecule has 0 aromatic carbocycles. The van der Waals surface area contributed by atoms with Gasteiger partial charge >= 0.3 is 61.3 Å². The van der Waals surface area contributed by atoms with E-state index in [1.807, 2.05) is 0 Å². The molecule has 0 bridgehead atoms. The van der Waals surface area contributed by atoms with Crippen molar-refractivity contribution < 1.29 is 74.9 Å². The number of nitrogens with two attached hydrogens (primary N) is 1. The third-order valence-corrected chi connectivity index (χ3v) is 6.41. The Morgan fingerprint density at radius 3 is 1.45 bits per heavy atom. The van der Waals surface area contributed by atoms with Gasteiger partial charge in [0.25, 0.3) is 0 Å². The van der Waals surface area contributed by atoms with E-state index >= 15 is 0 Å². The molecule has 1 saturated heterocycles. The van der Waals surface area contributed by atoms with Gasteiger partial charge < -0.3 is 0 Å². The van der Waals surface area contributed by atoms with Crippen molar-refractivity contribution in [2.75, 3.05) is 0 Å². The molecule has 16 heteroatoms. The van der Waals surface area contributed by atoms with Crippen LogP contribution >= 0.6 is 0 Å². The Morgan fingerprint density at radius 2 is 1.15 bits per heavy atom. The Labute approximate surface area is 118 Å². The number of primary sulfonamides is 2. The van der Waals surface area contributed by atoms with Crippen molar-refractivity contribution in [1.29, 1.82) is 0 Å². The van der Waals surface area contributed by atoms with E-state index in [9.17, 15) is 52.0 Å². The van der Waals surface area contributed by atoms with Crippen LogP contribution in [0.25, 0.3) is 0 Å². The first-order chi connectivity index (χ1) is 7.96. The van der Waals surface area contributed by atoms with Gasteiger partial charge in [-0.2, -0.15) is 47.6 Å². The standard InChI is InChI=1S/C4HF8NO4S2.Li/c5-1(6)2(7,3(8,9)10)18(14,15)13-19(16,17)4(1,11)12;/h13H;/q;+1/p+1. The molecule has 20 heavy (non-hydrogen) atoms. The molecule has 0 spiro atoms. The van der Waals surface area contributed by atoms with Crippen molar-refractivity contribution in [3.05, 3.63) is 0 Å². The minimum atomic E-state index is -7.05. The molecular weight excluding hydrogens is 349 g/mol. The summed E-state index contributed by atoms with van der Waals surface area (Å²) >= 11 is 0. The first-order valence-corrected chi connectivity index (χ1v) is 6.90. The normalized spacial score (nSPS) is 34.0. The van der Waals surface area contributed by atoms with E-state index in [4.69, 9.17) is 0 Å². The van der Waals surface area contributed by atoms with Crippen LogP contribution in [0, 0.1) is 0 Å². The van der Waals surface area contributed by atoms with Gasteiger partial charge in [0.2, 0.25) is 0 Å². The summed E-state index contributed by atoms with van der Waals surface area (Å²) in [5, 5.41) is -13.3. The zero-order valence-electron chi connectivity index (χ0n) is 9.05. The third kappa shape index (κ3) is 1.97. The molecule has 1 unspecified atom stereocenters. The van der Waals surface area contributed by atoms with Crippen molar-refractivity contribution in [2.45, 2.75) is 22.4 Å². The van der Waals surface area contributed by atoms with Crippen molar-refractivity contribution >= 4 is 20.0 Å². The topological polar surface area (TPSA) is 84.9 Å². The molecule has 0 aromatic rings. The molecule has 0 aromatic heterocycles. The Bertz CT molecular complexity index is 611. The minimum absolute atomic E-state index is 0. The van der Waals surface area contributed by atoms with Gasteiger partial charge in [0.15, 0.2) is 0 Å². The fourth-order valence-electron chi connectivity index (χ4n) is 1.18. The summed E-state index contributed by atoms with van der Waals surface area (Å²) in [5.74, 6) is -7.05. The van der Waals surface area contributed by atoms with E-state index in [1.165, 1.54) is 0 Å². The Kier molecular flexibility index (Phi) is 4.42. The summed E-state index contributed by atoms with van der Waals surface area (Å²) in [6, 6.07) is 0. The van der Waals surface area contributed by atoms with Crippen LogP contribution in [0.1, 0.15) is 0 Å². The van der Waals surface area contributed by atoms with Gasteiger partial charge in [0.1, 0.15) is 0 Å². The molecule has 1 fully saturated rings. The summed E-state index contributed by atoms with van der Waals surface area (Å²) < 4.78 is 142. The number of halogens is 8. The smallest absolute Gasteiger partial charge is 0.202 e. The number of hydrogen-bond acceptors (Lipinski definition) is 4. The first kappa shape index (κ1) is 19.9. The van der Waals surface area contributed by atoms with Crippen molar-refractivity contribution in [3.8, 4) is 0 Å². The average molecular weight is 351 g/mol. The average Bonchev–Trinajstić information content (AvgIpc) is 2.10. The van der Waals surface area contributed by atoms with Crippen LogP contribution in [-0.4, -0.2) is 39.2 Å². The van der Waals surface area contributed by atoms with Crippen molar-refractivity contribution in [2.24, 2.45) is 0 Å². The van der Waals surface area contributed by atoms with E-state index in [0.717, 1.165) is 0 Å². The second-order valence-electron chi connectivity index (χ2n) is 3.37. The molecule has 114 valence electrons. The maximum Gasteiger partial charge on any atom is 1.00 e. The predicted octanol–water partition coefficient (Wildman–Crippen LogP) is -3.32. The molecule has 0 aliphatic carbocycles. The van der Waals surface area contributed by atoms with E-state index in [2.05, 4.69) is 0 Å². The zero-order chi connectivity index (χ0) is 15.7. The molecule has 0 saturated carbocycles. The predicted molar refractivity (Wildman–Crippen MR) is 39.6 cm³/mol. The van der Waals surface area contributed by atoms with Gasteiger partial charge in [-0.05, 0) is 0 Å². The van der Waals surface area contributed by atoms with Crippen LogP contribution in [0.15, 0.2) is 0 Å². The Balaban J connectivity index is 0.00000361. The summed E-state index contributed by atoms with van der Waals surface area (Å²) in [6.07, 6.45) is -6.98. The summed E-state index contributed by atoms with van der Waals surface area (Å²) in [4.78, 5) is 0. The largest absolute Gasteiger partial charge is 1.00 e. The van der Waals surface area contributed by atoms with E-state index in [-0.39, 0.29) is 18.9 Å². The Morgan fingerprint density at radius 1 is 0.800 bits per heavy atom. The molecular formula is C4H2F8LiNO4S2+2. The van der Waals surface area contributed by atoms with Gasteiger partial charge in [0, 0.05) is 0 Å². The molecule has 1 aliphatic rings. The van der Waals surface area contributed by atoms with E-state index < -0.39 is 46.5 Å². The van der Waals surface area contributed by atoms with Gasteiger partial charge in [-0.15, -0.1) is 4.13 Å². The minimum Gasteiger partial charge on any atom is -0.202 e. The fourth-order valence-corrected chi connectivity index (χ4v) is 4.90. The van der Waals surface area contributed by atoms with Crippen molar-refractivity contribution in [3.63, 3.8) is 0 Å². The van der Waals surface area contributed by atoms with Gasteiger partial charge in [-0.1, -0.05) is 0 Å². The first-order valence-electron chi connectivity index (χ1n) is 3.81. The van der Waals surface area contributed by atoms with Crippen LogP contribution in [-0.2, 0) is 20.0 Å². The number of rotatable bonds is 0. The number of alkyl halides is 8. The second-order valence-corrected chi connectivity index (χ2v) is 7.40. The maximum atomic E-state index is 13.2. The molecule has 0 radical (unpaired) electrons. The summed E-state index contributed by atoms with van der Waals surface area (Å²) in [6.45, 7) is 0. The van der Waals surface area contributed by atoms with E-state index in [0.29, 0.717) is 0 Å². The number of hydrogen-bond donors (Lipinski definition) is 1. The molecule has 1 aliphatic heterocycles. The quantitative estimate of drug-likeness (QED) is 0.366. The van der Waals surface area contributed by atoms with E-state index in [1.54, 1.807) is 0 Å². The number of sulfonamides is 2.